The summed E-state index contributed by atoms with van der Waals surface area (Å²) in [6.45, 7) is 0.847. The molecule has 1 aromatic carbocycles. The van der Waals surface area contributed by atoms with Gasteiger partial charge in [-0.15, -0.1) is 10.2 Å². The molecular formula is C12H13N3O. The van der Waals surface area contributed by atoms with E-state index < -0.39 is 0 Å². The number of aliphatic hydroxyl groups is 1. The molecule has 82 valence electrons. The van der Waals surface area contributed by atoms with Crippen molar-refractivity contribution in [1.29, 1.82) is 0 Å². The van der Waals surface area contributed by atoms with Crippen LogP contribution in [0.25, 0.3) is 6.08 Å². The van der Waals surface area contributed by atoms with Gasteiger partial charge in [0.2, 0.25) is 0 Å². The van der Waals surface area contributed by atoms with Crippen molar-refractivity contribution < 1.29 is 5.11 Å². The Morgan fingerprint density at radius 3 is 2.44 bits per heavy atom. The molecular weight excluding hydrogens is 202 g/mol. The number of nitrogens with zero attached hydrogens (tertiary/aromatic N) is 3. The molecule has 0 aliphatic rings. The predicted molar refractivity (Wildman–Crippen MR) is 61.7 cm³/mol. The summed E-state index contributed by atoms with van der Waals surface area (Å²) in [4.78, 5) is 0. The van der Waals surface area contributed by atoms with Crippen LogP contribution in [0.3, 0.4) is 0 Å². The van der Waals surface area contributed by atoms with Gasteiger partial charge in [0.15, 0.2) is 0 Å². The number of hydrogen-bond donors (Lipinski definition) is 1. The van der Waals surface area contributed by atoms with E-state index in [0.717, 1.165) is 12.1 Å². The topological polar surface area (TPSA) is 50.9 Å². The summed E-state index contributed by atoms with van der Waals surface area (Å²) in [5.74, 6) is 0. The average Bonchev–Trinajstić information content (AvgIpc) is 2.81. The zero-order valence-corrected chi connectivity index (χ0v) is 8.82. The maximum atomic E-state index is 8.65. The average molecular weight is 215 g/mol. The van der Waals surface area contributed by atoms with E-state index >= 15 is 0 Å². The van der Waals surface area contributed by atoms with Gasteiger partial charge in [-0.1, -0.05) is 36.4 Å². The minimum atomic E-state index is 0.0719. The molecule has 4 heteroatoms. The lowest BCUT2D eigenvalue weighted by Crippen LogP contribution is -1.95. The van der Waals surface area contributed by atoms with Crippen LogP contribution >= 0.6 is 0 Å². The highest BCUT2D eigenvalue weighted by Crippen LogP contribution is 2.07. The smallest absolute Gasteiger partial charge is 0.119 e. The summed E-state index contributed by atoms with van der Waals surface area (Å²) >= 11 is 0. The third-order valence-electron chi connectivity index (χ3n) is 2.23. The Bertz CT molecular complexity index is 446. The molecule has 0 aliphatic heterocycles. The van der Waals surface area contributed by atoms with Crippen LogP contribution in [-0.4, -0.2) is 26.5 Å². The van der Waals surface area contributed by atoms with E-state index in [2.05, 4.69) is 22.3 Å². The van der Waals surface area contributed by atoms with Crippen LogP contribution in [0.2, 0.25) is 0 Å². The van der Waals surface area contributed by atoms with Crippen molar-refractivity contribution in [3.05, 3.63) is 54.1 Å². The van der Waals surface area contributed by atoms with Gasteiger partial charge in [-0.05, 0) is 11.1 Å². The molecule has 4 nitrogen and oxygen atoms in total. The van der Waals surface area contributed by atoms with Crippen LogP contribution < -0.4 is 0 Å². The van der Waals surface area contributed by atoms with Crippen molar-refractivity contribution in [3.8, 4) is 0 Å². The zero-order valence-electron chi connectivity index (χ0n) is 8.82. The van der Waals surface area contributed by atoms with Crippen molar-refractivity contribution >= 4 is 6.08 Å². The van der Waals surface area contributed by atoms with E-state index in [1.165, 1.54) is 5.56 Å². The molecule has 2 aromatic rings. The van der Waals surface area contributed by atoms with Crippen molar-refractivity contribution in [2.24, 2.45) is 0 Å². The Labute approximate surface area is 93.9 Å². The van der Waals surface area contributed by atoms with Gasteiger partial charge in [-0.2, -0.15) is 0 Å². The first-order chi connectivity index (χ1) is 7.88. The summed E-state index contributed by atoms with van der Waals surface area (Å²) in [6.07, 6.45) is 7.00. The van der Waals surface area contributed by atoms with Crippen LogP contribution in [0.1, 0.15) is 11.1 Å². The van der Waals surface area contributed by atoms with Crippen LogP contribution in [0.4, 0.5) is 0 Å². The molecule has 2 rings (SSSR count). The van der Waals surface area contributed by atoms with Gasteiger partial charge in [0.1, 0.15) is 12.7 Å². The molecule has 16 heavy (non-hydrogen) atoms. The largest absolute Gasteiger partial charge is 0.392 e. The summed E-state index contributed by atoms with van der Waals surface area (Å²) in [7, 11) is 0. The van der Waals surface area contributed by atoms with Gasteiger partial charge in [-0.25, -0.2) is 0 Å². The Kier molecular flexibility index (Phi) is 3.46. The lowest BCUT2D eigenvalue weighted by molar-refractivity contribution is 0.343. The molecule has 0 atom stereocenters. The lowest BCUT2D eigenvalue weighted by atomic mass is 10.1. The number of hydrogen-bond acceptors (Lipinski definition) is 3. The van der Waals surface area contributed by atoms with Crippen LogP contribution in [0.5, 0.6) is 0 Å². The monoisotopic (exact) mass is 215 g/mol. The zero-order chi connectivity index (χ0) is 11.2. The summed E-state index contributed by atoms with van der Waals surface area (Å²) in [5.41, 5.74) is 2.28. The molecule has 0 radical (unpaired) electrons. The molecule has 0 unspecified atom stereocenters. The van der Waals surface area contributed by atoms with Crippen molar-refractivity contribution in [2.45, 2.75) is 6.54 Å². The van der Waals surface area contributed by atoms with E-state index in [-0.39, 0.29) is 6.61 Å². The van der Waals surface area contributed by atoms with Gasteiger partial charge in [0, 0.05) is 6.54 Å². The maximum absolute atomic E-state index is 8.65. The predicted octanol–water partition coefficient (Wildman–Crippen LogP) is 1.33. The molecule has 1 heterocycles. The second kappa shape index (κ2) is 5.23. The Balaban J connectivity index is 2.05. The summed E-state index contributed by atoms with van der Waals surface area (Å²) in [5, 5.41) is 16.2. The van der Waals surface area contributed by atoms with Gasteiger partial charge < -0.3 is 9.67 Å². The SMILES string of the molecule is OC/C=C/c1ccc(Cn2cnnc2)cc1. The summed E-state index contributed by atoms with van der Waals surface area (Å²) in [6, 6.07) is 8.14. The number of benzene rings is 1. The van der Waals surface area contributed by atoms with Crippen LogP contribution in [0, 0.1) is 0 Å². The fraction of sp³-hybridized carbons (Fsp3) is 0.167. The molecule has 1 aromatic heterocycles. The fourth-order valence-corrected chi connectivity index (χ4v) is 1.44. The van der Waals surface area contributed by atoms with Crippen LogP contribution in [0.15, 0.2) is 43.0 Å². The van der Waals surface area contributed by atoms with E-state index in [0.29, 0.717) is 0 Å². The minimum Gasteiger partial charge on any atom is -0.392 e. The first-order valence-electron chi connectivity index (χ1n) is 5.07. The lowest BCUT2D eigenvalue weighted by Gasteiger charge is -2.01. The number of rotatable bonds is 4. The minimum absolute atomic E-state index is 0.0719. The summed E-state index contributed by atoms with van der Waals surface area (Å²) < 4.78 is 1.92. The molecule has 0 amide bonds. The fourth-order valence-electron chi connectivity index (χ4n) is 1.44. The van der Waals surface area contributed by atoms with Gasteiger partial charge in [0.05, 0.1) is 6.61 Å². The van der Waals surface area contributed by atoms with Crippen molar-refractivity contribution in [1.82, 2.24) is 14.8 Å². The van der Waals surface area contributed by atoms with Gasteiger partial charge in [-0.3, -0.25) is 0 Å². The second-order valence-corrected chi connectivity index (χ2v) is 3.46. The molecule has 1 N–H and O–H groups in total. The molecule has 0 fully saturated rings. The Hall–Kier alpha value is -1.94. The Morgan fingerprint density at radius 1 is 1.12 bits per heavy atom. The van der Waals surface area contributed by atoms with Crippen LogP contribution in [-0.2, 0) is 6.54 Å². The molecule has 0 aliphatic carbocycles. The third-order valence-corrected chi connectivity index (χ3v) is 2.23. The highest BCUT2D eigenvalue weighted by molar-refractivity contribution is 5.49. The van der Waals surface area contributed by atoms with Crippen molar-refractivity contribution in [3.63, 3.8) is 0 Å². The Morgan fingerprint density at radius 2 is 1.81 bits per heavy atom. The van der Waals surface area contributed by atoms with E-state index in [4.69, 9.17) is 5.11 Å². The highest BCUT2D eigenvalue weighted by atomic mass is 16.2. The van der Waals surface area contributed by atoms with E-state index in [9.17, 15) is 0 Å². The third kappa shape index (κ3) is 2.77. The van der Waals surface area contributed by atoms with Gasteiger partial charge in [0.25, 0.3) is 0 Å². The molecule has 0 saturated carbocycles. The first kappa shape index (κ1) is 10.6. The van der Waals surface area contributed by atoms with Gasteiger partial charge >= 0.3 is 0 Å². The molecule has 0 spiro atoms. The second-order valence-electron chi connectivity index (χ2n) is 3.46. The molecule has 0 bridgehead atoms. The standard InChI is InChI=1S/C12H13N3O/c16-7-1-2-11-3-5-12(6-4-11)8-15-9-13-14-10-15/h1-6,9-10,16H,7-8H2/b2-1+. The quantitative estimate of drug-likeness (QED) is 0.837. The molecule has 0 saturated heterocycles. The number of aromatic nitrogens is 3. The maximum Gasteiger partial charge on any atom is 0.119 e. The first-order valence-corrected chi connectivity index (χ1v) is 5.07. The number of aliphatic hydroxyl groups excluding tert-OH is 1. The van der Waals surface area contributed by atoms with E-state index in [1.807, 2.05) is 22.8 Å². The van der Waals surface area contributed by atoms with E-state index in [1.54, 1.807) is 18.7 Å². The highest BCUT2D eigenvalue weighted by Gasteiger charge is 1.94. The normalized spacial score (nSPS) is 11.1. The van der Waals surface area contributed by atoms with Crippen molar-refractivity contribution in [2.75, 3.05) is 6.61 Å².